The van der Waals surface area contributed by atoms with Crippen molar-refractivity contribution in [2.75, 3.05) is 20.3 Å². The average molecular weight is 246 g/mol. The Balaban J connectivity index is 4.01. The predicted octanol–water partition coefficient (Wildman–Crippen LogP) is 0.677. The van der Waals surface area contributed by atoms with Gasteiger partial charge in [-0.15, -0.1) is 0 Å². The standard InChI is InChI=1S/C11H22N2O4/c1-7(2)9(10(14)15)5-12-11(16)13-8(3)6-17-4/h7-9H,5-6H2,1-4H3,(H,14,15)(H2,12,13,16). The molecule has 0 aromatic heterocycles. The van der Waals surface area contributed by atoms with E-state index in [0.717, 1.165) is 0 Å². The summed E-state index contributed by atoms with van der Waals surface area (Å²) in [5.41, 5.74) is 0. The molecular weight excluding hydrogens is 224 g/mol. The zero-order valence-electron chi connectivity index (χ0n) is 10.8. The lowest BCUT2D eigenvalue weighted by atomic mass is 9.96. The summed E-state index contributed by atoms with van der Waals surface area (Å²) in [4.78, 5) is 22.3. The van der Waals surface area contributed by atoms with E-state index in [9.17, 15) is 9.59 Å². The molecule has 0 radical (unpaired) electrons. The third-order valence-electron chi connectivity index (χ3n) is 2.40. The van der Waals surface area contributed by atoms with E-state index < -0.39 is 11.9 Å². The first-order valence-electron chi connectivity index (χ1n) is 5.64. The van der Waals surface area contributed by atoms with Crippen LogP contribution in [0.25, 0.3) is 0 Å². The third kappa shape index (κ3) is 6.78. The highest BCUT2D eigenvalue weighted by atomic mass is 16.5. The second-order valence-electron chi connectivity index (χ2n) is 4.40. The quantitative estimate of drug-likeness (QED) is 0.616. The highest BCUT2D eigenvalue weighted by Crippen LogP contribution is 2.09. The topological polar surface area (TPSA) is 87.7 Å². The highest BCUT2D eigenvalue weighted by molar-refractivity contribution is 5.76. The van der Waals surface area contributed by atoms with Gasteiger partial charge in [0.1, 0.15) is 0 Å². The molecule has 0 rings (SSSR count). The molecule has 0 aliphatic rings. The third-order valence-corrected chi connectivity index (χ3v) is 2.40. The van der Waals surface area contributed by atoms with Crippen molar-refractivity contribution in [3.63, 3.8) is 0 Å². The number of hydrogen-bond acceptors (Lipinski definition) is 3. The fourth-order valence-corrected chi connectivity index (χ4v) is 1.38. The van der Waals surface area contributed by atoms with Gasteiger partial charge in [0.2, 0.25) is 0 Å². The van der Waals surface area contributed by atoms with Crippen molar-refractivity contribution in [3.05, 3.63) is 0 Å². The molecule has 6 heteroatoms. The first-order chi connectivity index (χ1) is 7.88. The van der Waals surface area contributed by atoms with Crippen LogP contribution in [-0.4, -0.2) is 43.4 Å². The second-order valence-corrected chi connectivity index (χ2v) is 4.40. The first-order valence-corrected chi connectivity index (χ1v) is 5.64. The van der Waals surface area contributed by atoms with Gasteiger partial charge >= 0.3 is 12.0 Å². The van der Waals surface area contributed by atoms with Crippen LogP contribution in [0.2, 0.25) is 0 Å². The maximum absolute atomic E-state index is 11.4. The monoisotopic (exact) mass is 246 g/mol. The molecule has 2 atom stereocenters. The molecule has 6 nitrogen and oxygen atoms in total. The number of rotatable bonds is 7. The number of carbonyl (C=O) groups is 2. The summed E-state index contributed by atoms with van der Waals surface area (Å²) in [6.45, 7) is 5.97. The van der Waals surface area contributed by atoms with Gasteiger partial charge in [-0.3, -0.25) is 4.79 Å². The van der Waals surface area contributed by atoms with Gasteiger partial charge < -0.3 is 20.5 Å². The molecule has 100 valence electrons. The Morgan fingerprint density at radius 1 is 1.29 bits per heavy atom. The van der Waals surface area contributed by atoms with E-state index in [1.807, 2.05) is 13.8 Å². The fraction of sp³-hybridized carbons (Fsp3) is 0.818. The van der Waals surface area contributed by atoms with Gasteiger partial charge in [-0.05, 0) is 12.8 Å². The Hall–Kier alpha value is -1.30. The zero-order chi connectivity index (χ0) is 13.4. The second kappa shape index (κ2) is 7.89. The Labute approximate surface area is 102 Å². The zero-order valence-corrected chi connectivity index (χ0v) is 10.8. The van der Waals surface area contributed by atoms with E-state index in [1.54, 1.807) is 14.0 Å². The van der Waals surface area contributed by atoms with Gasteiger partial charge in [0.25, 0.3) is 0 Å². The molecule has 0 bridgehead atoms. The van der Waals surface area contributed by atoms with Crippen LogP contribution < -0.4 is 10.6 Å². The Morgan fingerprint density at radius 2 is 1.88 bits per heavy atom. The van der Waals surface area contributed by atoms with Crippen molar-refractivity contribution >= 4 is 12.0 Å². The van der Waals surface area contributed by atoms with Crippen molar-refractivity contribution < 1.29 is 19.4 Å². The van der Waals surface area contributed by atoms with Gasteiger partial charge in [-0.1, -0.05) is 13.8 Å². The number of hydrogen-bond donors (Lipinski definition) is 3. The maximum Gasteiger partial charge on any atom is 0.315 e. The summed E-state index contributed by atoms with van der Waals surface area (Å²) in [5, 5.41) is 14.1. The number of ether oxygens (including phenoxy) is 1. The van der Waals surface area contributed by atoms with Gasteiger partial charge in [-0.25, -0.2) is 4.79 Å². The first kappa shape index (κ1) is 15.7. The van der Waals surface area contributed by atoms with Crippen LogP contribution in [0.15, 0.2) is 0 Å². The molecule has 3 N–H and O–H groups in total. The SMILES string of the molecule is COCC(C)NC(=O)NCC(C(=O)O)C(C)C. The summed E-state index contributed by atoms with van der Waals surface area (Å²) < 4.78 is 4.87. The van der Waals surface area contributed by atoms with E-state index in [-0.39, 0.29) is 24.5 Å². The molecule has 2 amide bonds. The molecule has 2 unspecified atom stereocenters. The van der Waals surface area contributed by atoms with Crippen LogP contribution in [0.5, 0.6) is 0 Å². The van der Waals surface area contributed by atoms with Crippen LogP contribution >= 0.6 is 0 Å². The Morgan fingerprint density at radius 3 is 2.29 bits per heavy atom. The van der Waals surface area contributed by atoms with Crippen molar-refractivity contribution in [2.24, 2.45) is 11.8 Å². The number of nitrogens with one attached hydrogen (secondary N) is 2. The van der Waals surface area contributed by atoms with Crippen LogP contribution in [-0.2, 0) is 9.53 Å². The lowest BCUT2D eigenvalue weighted by molar-refractivity contribution is -0.142. The molecule has 0 spiro atoms. The average Bonchev–Trinajstić information content (AvgIpc) is 2.16. The number of aliphatic carboxylic acids is 1. The normalized spacial score (nSPS) is 14.2. The number of urea groups is 1. The Kier molecular flexibility index (Phi) is 7.29. The molecule has 0 aromatic carbocycles. The van der Waals surface area contributed by atoms with Crippen molar-refractivity contribution in [3.8, 4) is 0 Å². The van der Waals surface area contributed by atoms with Crippen LogP contribution in [0.1, 0.15) is 20.8 Å². The molecule has 0 aliphatic carbocycles. The molecule has 0 saturated heterocycles. The van der Waals surface area contributed by atoms with E-state index in [4.69, 9.17) is 9.84 Å². The lowest BCUT2D eigenvalue weighted by Crippen LogP contribution is -2.45. The largest absolute Gasteiger partial charge is 0.481 e. The number of methoxy groups -OCH3 is 1. The highest BCUT2D eigenvalue weighted by Gasteiger charge is 2.22. The summed E-state index contributed by atoms with van der Waals surface area (Å²) in [5.74, 6) is -1.49. The van der Waals surface area contributed by atoms with Gasteiger partial charge in [-0.2, -0.15) is 0 Å². The Bertz CT molecular complexity index is 256. The van der Waals surface area contributed by atoms with Gasteiger partial charge in [0, 0.05) is 13.7 Å². The van der Waals surface area contributed by atoms with Crippen LogP contribution in [0, 0.1) is 11.8 Å². The molecular formula is C11H22N2O4. The van der Waals surface area contributed by atoms with Crippen molar-refractivity contribution in [1.29, 1.82) is 0 Å². The van der Waals surface area contributed by atoms with E-state index >= 15 is 0 Å². The lowest BCUT2D eigenvalue weighted by Gasteiger charge is -2.18. The molecule has 0 aromatic rings. The maximum atomic E-state index is 11.4. The minimum atomic E-state index is -0.898. The molecule has 17 heavy (non-hydrogen) atoms. The van der Waals surface area contributed by atoms with Gasteiger partial charge in [0.15, 0.2) is 0 Å². The van der Waals surface area contributed by atoms with Crippen LogP contribution in [0.3, 0.4) is 0 Å². The fourth-order valence-electron chi connectivity index (χ4n) is 1.38. The van der Waals surface area contributed by atoms with E-state index in [1.165, 1.54) is 0 Å². The molecule has 0 saturated carbocycles. The minimum absolute atomic E-state index is 0.0239. The summed E-state index contributed by atoms with van der Waals surface area (Å²) in [6, 6.07) is -0.483. The minimum Gasteiger partial charge on any atom is -0.481 e. The van der Waals surface area contributed by atoms with Crippen molar-refractivity contribution in [1.82, 2.24) is 10.6 Å². The number of carboxylic acid groups (broad SMARTS) is 1. The summed E-state index contributed by atoms with van der Waals surface area (Å²) in [6.07, 6.45) is 0. The van der Waals surface area contributed by atoms with Crippen LogP contribution in [0.4, 0.5) is 4.79 Å². The summed E-state index contributed by atoms with van der Waals surface area (Å²) in [7, 11) is 1.55. The van der Waals surface area contributed by atoms with E-state index in [2.05, 4.69) is 10.6 Å². The number of carbonyl (C=O) groups excluding carboxylic acids is 1. The molecule has 0 aliphatic heterocycles. The van der Waals surface area contributed by atoms with E-state index in [0.29, 0.717) is 6.61 Å². The number of carboxylic acids is 1. The van der Waals surface area contributed by atoms with Crippen molar-refractivity contribution in [2.45, 2.75) is 26.8 Å². The van der Waals surface area contributed by atoms with Gasteiger partial charge in [0.05, 0.1) is 18.6 Å². The smallest absolute Gasteiger partial charge is 0.315 e. The number of amides is 2. The summed E-state index contributed by atoms with van der Waals surface area (Å²) >= 11 is 0. The predicted molar refractivity (Wildman–Crippen MR) is 63.8 cm³/mol. The molecule has 0 heterocycles. The molecule has 0 fully saturated rings.